The Labute approximate surface area is 112 Å². The Bertz CT molecular complexity index is 464. The van der Waals surface area contributed by atoms with Gasteiger partial charge in [-0.05, 0) is 27.7 Å². The van der Waals surface area contributed by atoms with E-state index in [9.17, 15) is 9.59 Å². The number of anilines is 1. The lowest BCUT2D eigenvalue weighted by molar-refractivity contribution is -0.124. The van der Waals surface area contributed by atoms with E-state index >= 15 is 0 Å². The van der Waals surface area contributed by atoms with Crippen molar-refractivity contribution in [3.63, 3.8) is 0 Å². The van der Waals surface area contributed by atoms with Crippen molar-refractivity contribution in [1.29, 1.82) is 0 Å². The van der Waals surface area contributed by atoms with Crippen molar-refractivity contribution >= 4 is 17.6 Å². The van der Waals surface area contributed by atoms with Crippen LogP contribution in [0.3, 0.4) is 0 Å². The van der Waals surface area contributed by atoms with Crippen molar-refractivity contribution < 1.29 is 9.59 Å². The number of aromatic nitrogens is 2. The summed E-state index contributed by atoms with van der Waals surface area (Å²) < 4.78 is 0. The normalized spacial score (nSPS) is 12.6. The molecule has 1 unspecified atom stereocenters. The summed E-state index contributed by atoms with van der Waals surface area (Å²) in [7, 11) is 0. The first-order valence-electron chi connectivity index (χ1n) is 5.89. The lowest BCUT2D eigenvalue weighted by atomic mass is 10.1. The average molecular weight is 265 g/mol. The van der Waals surface area contributed by atoms with Gasteiger partial charge in [-0.1, -0.05) is 0 Å². The Morgan fingerprint density at radius 1 is 1.26 bits per heavy atom. The highest BCUT2D eigenvalue weighted by Crippen LogP contribution is 2.00. The number of hydrogen-bond acceptors (Lipinski definition) is 5. The molecule has 1 atom stereocenters. The summed E-state index contributed by atoms with van der Waals surface area (Å²) >= 11 is 0. The predicted molar refractivity (Wildman–Crippen MR) is 71.3 cm³/mol. The Kier molecular flexibility index (Phi) is 4.42. The molecule has 7 nitrogen and oxygen atoms in total. The van der Waals surface area contributed by atoms with Crippen molar-refractivity contribution in [3.05, 3.63) is 18.1 Å². The zero-order valence-electron chi connectivity index (χ0n) is 11.5. The molecular weight excluding hydrogens is 246 g/mol. The van der Waals surface area contributed by atoms with E-state index < -0.39 is 11.9 Å². The molecule has 7 heteroatoms. The second-order valence-corrected chi connectivity index (χ2v) is 5.26. The SMILES string of the molecule is CC(NC(=O)c1cnc(N)cn1)C(=O)NC(C)(C)C. The van der Waals surface area contributed by atoms with Gasteiger partial charge in [0.2, 0.25) is 5.91 Å². The first-order chi connectivity index (χ1) is 8.69. The fraction of sp³-hybridized carbons (Fsp3) is 0.500. The number of nitrogen functional groups attached to an aromatic ring is 1. The van der Waals surface area contributed by atoms with Gasteiger partial charge in [-0.3, -0.25) is 9.59 Å². The third-order valence-electron chi connectivity index (χ3n) is 2.14. The minimum atomic E-state index is -0.661. The zero-order valence-corrected chi connectivity index (χ0v) is 11.5. The van der Waals surface area contributed by atoms with Crippen molar-refractivity contribution in [2.24, 2.45) is 0 Å². The molecule has 1 aromatic rings. The number of nitrogens with one attached hydrogen (secondary N) is 2. The molecule has 1 aromatic heterocycles. The molecule has 0 aliphatic rings. The van der Waals surface area contributed by atoms with Gasteiger partial charge in [0.15, 0.2) is 0 Å². The fourth-order valence-corrected chi connectivity index (χ4v) is 1.27. The molecule has 1 heterocycles. The highest BCUT2D eigenvalue weighted by Gasteiger charge is 2.21. The molecule has 19 heavy (non-hydrogen) atoms. The zero-order chi connectivity index (χ0) is 14.6. The number of carbonyl (C=O) groups excluding carboxylic acids is 2. The Morgan fingerprint density at radius 3 is 2.37 bits per heavy atom. The third-order valence-corrected chi connectivity index (χ3v) is 2.14. The molecule has 0 aliphatic heterocycles. The van der Waals surface area contributed by atoms with Crippen molar-refractivity contribution in [2.75, 3.05) is 5.73 Å². The molecule has 0 saturated heterocycles. The molecule has 0 spiro atoms. The number of rotatable bonds is 3. The van der Waals surface area contributed by atoms with E-state index in [1.54, 1.807) is 6.92 Å². The van der Waals surface area contributed by atoms with Crippen LogP contribution in [0.15, 0.2) is 12.4 Å². The van der Waals surface area contributed by atoms with Gasteiger partial charge in [0.05, 0.1) is 12.4 Å². The van der Waals surface area contributed by atoms with Crippen LogP contribution in [0.2, 0.25) is 0 Å². The second kappa shape index (κ2) is 5.64. The molecule has 0 radical (unpaired) electrons. The van der Waals surface area contributed by atoms with Crippen LogP contribution in [0.5, 0.6) is 0 Å². The van der Waals surface area contributed by atoms with Gasteiger partial charge in [0.25, 0.3) is 5.91 Å². The van der Waals surface area contributed by atoms with Crippen molar-refractivity contribution in [3.8, 4) is 0 Å². The molecule has 0 aromatic carbocycles. The van der Waals surface area contributed by atoms with E-state index in [2.05, 4.69) is 20.6 Å². The minimum absolute atomic E-state index is 0.115. The molecule has 0 saturated carbocycles. The van der Waals surface area contributed by atoms with Gasteiger partial charge in [-0.25, -0.2) is 9.97 Å². The summed E-state index contributed by atoms with van der Waals surface area (Å²) in [5.41, 5.74) is 5.14. The maximum atomic E-state index is 11.8. The molecular formula is C12H19N5O2. The van der Waals surface area contributed by atoms with E-state index in [0.717, 1.165) is 0 Å². The van der Waals surface area contributed by atoms with E-state index in [-0.39, 0.29) is 23.0 Å². The van der Waals surface area contributed by atoms with Crippen LogP contribution in [-0.4, -0.2) is 33.4 Å². The molecule has 0 bridgehead atoms. The first kappa shape index (κ1) is 14.9. The van der Waals surface area contributed by atoms with Gasteiger partial charge in [-0.2, -0.15) is 0 Å². The predicted octanol–water partition coefficient (Wildman–Crippen LogP) is 0.0918. The molecule has 4 N–H and O–H groups in total. The number of nitrogens with two attached hydrogens (primary N) is 1. The Balaban J connectivity index is 2.61. The molecule has 104 valence electrons. The Morgan fingerprint density at radius 2 is 1.89 bits per heavy atom. The van der Waals surface area contributed by atoms with Crippen LogP contribution < -0.4 is 16.4 Å². The maximum Gasteiger partial charge on any atom is 0.272 e. The molecule has 0 aliphatic carbocycles. The summed E-state index contributed by atoms with van der Waals surface area (Å²) in [6, 6.07) is -0.661. The third kappa shape index (κ3) is 4.90. The average Bonchev–Trinajstić information content (AvgIpc) is 2.27. The van der Waals surface area contributed by atoms with Gasteiger partial charge in [0.1, 0.15) is 17.6 Å². The van der Waals surface area contributed by atoms with Crippen molar-refractivity contribution in [2.45, 2.75) is 39.3 Å². The largest absolute Gasteiger partial charge is 0.382 e. The lowest BCUT2D eigenvalue weighted by Gasteiger charge is -2.23. The topological polar surface area (TPSA) is 110 Å². The maximum absolute atomic E-state index is 11.8. The van der Waals surface area contributed by atoms with Crippen LogP contribution in [0.1, 0.15) is 38.2 Å². The van der Waals surface area contributed by atoms with E-state index in [1.165, 1.54) is 12.4 Å². The second-order valence-electron chi connectivity index (χ2n) is 5.26. The quantitative estimate of drug-likeness (QED) is 0.717. The fourth-order valence-electron chi connectivity index (χ4n) is 1.27. The molecule has 0 fully saturated rings. The number of hydrogen-bond donors (Lipinski definition) is 3. The summed E-state index contributed by atoms with van der Waals surface area (Å²) in [6.07, 6.45) is 2.55. The Hall–Kier alpha value is -2.18. The van der Waals surface area contributed by atoms with Crippen LogP contribution in [0, 0.1) is 0 Å². The number of carbonyl (C=O) groups is 2. The monoisotopic (exact) mass is 265 g/mol. The van der Waals surface area contributed by atoms with E-state index in [0.29, 0.717) is 0 Å². The molecule has 1 rings (SSSR count). The van der Waals surface area contributed by atoms with Gasteiger partial charge < -0.3 is 16.4 Å². The van der Waals surface area contributed by atoms with Gasteiger partial charge in [0, 0.05) is 5.54 Å². The van der Waals surface area contributed by atoms with E-state index in [4.69, 9.17) is 5.73 Å². The highest BCUT2D eigenvalue weighted by atomic mass is 16.2. The minimum Gasteiger partial charge on any atom is -0.382 e. The first-order valence-corrected chi connectivity index (χ1v) is 5.89. The molecule has 2 amide bonds. The van der Waals surface area contributed by atoms with Gasteiger partial charge >= 0.3 is 0 Å². The number of nitrogens with zero attached hydrogens (tertiary/aromatic N) is 2. The van der Waals surface area contributed by atoms with Crippen LogP contribution in [-0.2, 0) is 4.79 Å². The van der Waals surface area contributed by atoms with E-state index in [1.807, 2.05) is 20.8 Å². The summed E-state index contributed by atoms with van der Waals surface area (Å²) in [4.78, 5) is 31.2. The van der Waals surface area contributed by atoms with Crippen LogP contribution >= 0.6 is 0 Å². The van der Waals surface area contributed by atoms with Crippen molar-refractivity contribution in [1.82, 2.24) is 20.6 Å². The highest BCUT2D eigenvalue weighted by molar-refractivity contribution is 5.95. The lowest BCUT2D eigenvalue weighted by Crippen LogP contribution is -2.50. The standard InChI is InChI=1S/C12H19N5O2/c1-7(10(18)17-12(2,3)4)16-11(19)8-5-15-9(13)6-14-8/h5-7H,1-4H3,(H2,13,15)(H,16,19)(H,17,18). The van der Waals surface area contributed by atoms with Gasteiger partial charge in [-0.15, -0.1) is 0 Å². The summed E-state index contributed by atoms with van der Waals surface area (Å²) in [5.74, 6) is -0.497. The van der Waals surface area contributed by atoms with Crippen LogP contribution in [0.25, 0.3) is 0 Å². The smallest absolute Gasteiger partial charge is 0.272 e. The summed E-state index contributed by atoms with van der Waals surface area (Å²) in [6.45, 7) is 7.20. The number of amides is 2. The van der Waals surface area contributed by atoms with Crippen LogP contribution in [0.4, 0.5) is 5.82 Å². The summed E-state index contributed by atoms with van der Waals surface area (Å²) in [5, 5.41) is 5.32.